The Kier molecular flexibility index (Phi) is 5.45. The minimum atomic E-state index is 0.555. The van der Waals surface area contributed by atoms with E-state index < -0.39 is 0 Å². The van der Waals surface area contributed by atoms with Crippen molar-refractivity contribution in [1.29, 1.82) is 0 Å². The van der Waals surface area contributed by atoms with Crippen LogP contribution < -0.4 is 16.4 Å². The minimum absolute atomic E-state index is 0.555. The third kappa shape index (κ3) is 3.83. The molecule has 0 amide bonds. The van der Waals surface area contributed by atoms with E-state index in [1.807, 2.05) is 18.2 Å². The number of rotatable bonds is 5. The first-order chi connectivity index (χ1) is 9.24. The summed E-state index contributed by atoms with van der Waals surface area (Å²) in [6, 6.07) is 5.96. The van der Waals surface area contributed by atoms with Gasteiger partial charge in [0.2, 0.25) is 0 Å². The quantitative estimate of drug-likeness (QED) is 0.854. The molecule has 2 rings (SSSR count). The molecule has 0 aromatic heterocycles. The van der Waals surface area contributed by atoms with Crippen LogP contribution in [0, 0.1) is 0 Å². The van der Waals surface area contributed by atoms with Gasteiger partial charge in [-0.2, -0.15) is 0 Å². The summed E-state index contributed by atoms with van der Waals surface area (Å²) >= 11 is 6.10. The predicted molar refractivity (Wildman–Crippen MR) is 81.7 cm³/mol. The number of nitrogens with two attached hydrogens (primary N) is 2. The molecule has 0 aliphatic carbocycles. The third-order valence-corrected chi connectivity index (χ3v) is 3.89. The van der Waals surface area contributed by atoms with Crippen LogP contribution in [-0.2, 0) is 6.54 Å². The minimum Gasteiger partial charge on any atom is -0.369 e. The number of piperazine rings is 1. The van der Waals surface area contributed by atoms with Crippen molar-refractivity contribution < 1.29 is 0 Å². The fourth-order valence-corrected chi connectivity index (χ4v) is 2.70. The first-order valence-electron chi connectivity index (χ1n) is 6.90. The zero-order chi connectivity index (χ0) is 13.7. The van der Waals surface area contributed by atoms with Gasteiger partial charge in [-0.05, 0) is 37.2 Å². The first kappa shape index (κ1) is 14.6. The Morgan fingerprint density at radius 2 is 1.84 bits per heavy atom. The van der Waals surface area contributed by atoms with Crippen molar-refractivity contribution in [1.82, 2.24) is 4.90 Å². The highest BCUT2D eigenvalue weighted by Gasteiger charge is 2.18. The Hall–Kier alpha value is -0.810. The van der Waals surface area contributed by atoms with E-state index in [2.05, 4.69) is 9.80 Å². The summed E-state index contributed by atoms with van der Waals surface area (Å²) in [5.41, 5.74) is 13.7. The van der Waals surface area contributed by atoms with E-state index in [-0.39, 0.29) is 0 Å². The predicted octanol–water partition coefficient (Wildman–Crippen LogP) is 1.27. The largest absolute Gasteiger partial charge is 0.369 e. The van der Waals surface area contributed by atoms with Gasteiger partial charge in [0.05, 0.1) is 0 Å². The van der Waals surface area contributed by atoms with Gasteiger partial charge in [0.25, 0.3) is 0 Å². The van der Waals surface area contributed by atoms with Gasteiger partial charge < -0.3 is 16.4 Å². The standard InChI is InChI=1S/C14H23ClN4/c15-13-3-2-12(11-17)14(10-13)19-8-6-18(7-9-19)5-1-4-16/h2-3,10H,1,4-9,11,16-17H2. The SMILES string of the molecule is NCCCN1CCN(c2cc(Cl)ccc2CN)CC1. The fourth-order valence-electron chi connectivity index (χ4n) is 2.53. The Morgan fingerprint density at radius 3 is 2.47 bits per heavy atom. The average molecular weight is 283 g/mol. The smallest absolute Gasteiger partial charge is 0.0427 e. The second-order valence-corrected chi connectivity index (χ2v) is 5.38. The molecule has 106 valence electrons. The van der Waals surface area contributed by atoms with Crippen LogP contribution in [0.15, 0.2) is 18.2 Å². The van der Waals surface area contributed by atoms with Crippen LogP contribution >= 0.6 is 11.6 Å². The maximum absolute atomic E-state index is 6.10. The second kappa shape index (κ2) is 7.10. The number of nitrogens with zero attached hydrogens (tertiary/aromatic N) is 2. The van der Waals surface area contributed by atoms with E-state index in [0.717, 1.165) is 50.7 Å². The lowest BCUT2D eigenvalue weighted by Gasteiger charge is -2.37. The molecule has 0 saturated carbocycles. The topological polar surface area (TPSA) is 58.5 Å². The molecule has 0 bridgehead atoms. The molecule has 1 heterocycles. The zero-order valence-corrected chi connectivity index (χ0v) is 12.1. The monoisotopic (exact) mass is 282 g/mol. The Labute approximate surface area is 120 Å². The van der Waals surface area contributed by atoms with Crippen LogP contribution in [0.3, 0.4) is 0 Å². The Morgan fingerprint density at radius 1 is 1.11 bits per heavy atom. The van der Waals surface area contributed by atoms with Crippen LogP contribution in [0.25, 0.3) is 0 Å². The number of halogens is 1. The normalized spacial score (nSPS) is 16.9. The summed E-state index contributed by atoms with van der Waals surface area (Å²) in [6.07, 6.45) is 1.07. The molecule has 4 nitrogen and oxygen atoms in total. The van der Waals surface area contributed by atoms with Crippen molar-refractivity contribution in [2.24, 2.45) is 11.5 Å². The van der Waals surface area contributed by atoms with Crippen LogP contribution in [0.5, 0.6) is 0 Å². The summed E-state index contributed by atoms with van der Waals surface area (Å²) in [7, 11) is 0. The molecule has 5 heteroatoms. The van der Waals surface area contributed by atoms with Crippen molar-refractivity contribution in [3.63, 3.8) is 0 Å². The van der Waals surface area contributed by atoms with E-state index in [1.165, 1.54) is 11.3 Å². The van der Waals surface area contributed by atoms with Crippen molar-refractivity contribution >= 4 is 17.3 Å². The molecule has 0 radical (unpaired) electrons. The molecule has 0 unspecified atom stereocenters. The Bertz CT molecular complexity index is 402. The van der Waals surface area contributed by atoms with Gasteiger partial charge in [0.15, 0.2) is 0 Å². The maximum Gasteiger partial charge on any atom is 0.0427 e. The van der Waals surface area contributed by atoms with Crippen LogP contribution in [0.2, 0.25) is 5.02 Å². The van der Waals surface area contributed by atoms with E-state index in [4.69, 9.17) is 23.1 Å². The maximum atomic E-state index is 6.10. The van der Waals surface area contributed by atoms with Gasteiger partial charge in [0.1, 0.15) is 0 Å². The molecule has 1 aliphatic heterocycles. The lowest BCUT2D eigenvalue weighted by molar-refractivity contribution is 0.256. The highest BCUT2D eigenvalue weighted by Crippen LogP contribution is 2.25. The number of benzene rings is 1. The summed E-state index contributed by atoms with van der Waals surface area (Å²) < 4.78 is 0. The molecule has 1 aliphatic rings. The molecule has 19 heavy (non-hydrogen) atoms. The average Bonchev–Trinajstić information content (AvgIpc) is 2.45. The van der Waals surface area contributed by atoms with Gasteiger partial charge >= 0.3 is 0 Å². The molecular weight excluding hydrogens is 260 g/mol. The molecule has 1 aromatic carbocycles. The summed E-state index contributed by atoms with van der Waals surface area (Å²) in [4.78, 5) is 4.85. The second-order valence-electron chi connectivity index (χ2n) is 4.95. The van der Waals surface area contributed by atoms with Crippen LogP contribution in [0.4, 0.5) is 5.69 Å². The van der Waals surface area contributed by atoms with Crippen molar-refractivity contribution in [2.75, 3.05) is 44.2 Å². The lowest BCUT2D eigenvalue weighted by atomic mass is 10.1. The van der Waals surface area contributed by atoms with Crippen LogP contribution in [-0.4, -0.2) is 44.2 Å². The van der Waals surface area contributed by atoms with E-state index >= 15 is 0 Å². The number of hydrogen-bond acceptors (Lipinski definition) is 4. The highest BCUT2D eigenvalue weighted by atomic mass is 35.5. The van der Waals surface area contributed by atoms with Crippen molar-refractivity contribution in [2.45, 2.75) is 13.0 Å². The van der Waals surface area contributed by atoms with Gasteiger partial charge in [-0.25, -0.2) is 0 Å². The summed E-state index contributed by atoms with van der Waals surface area (Å²) in [5.74, 6) is 0. The fraction of sp³-hybridized carbons (Fsp3) is 0.571. The summed E-state index contributed by atoms with van der Waals surface area (Å²) in [6.45, 7) is 6.64. The molecular formula is C14H23ClN4. The van der Waals surface area contributed by atoms with E-state index in [0.29, 0.717) is 6.54 Å². The summed E-state index contributed by atoms with van der Waals surface area (Å²) in [5, 5.41) is 0.776. The lowest BCUT2D eigenvalue weighted by Crippen LogP contribution is -2.47. The molecule has 1 fully saturated rings. The van der Waals surface area contributed by atoms with Gasteiger partial charge in [-0.15, -0.1) is 0 Å². The molecule has 0 atom stereocenters. The van der Waals surface area contributed by atoms with Gasteiger partial charge in [-0.1, -0.05) is 17.7 Å². The number of hydrogen-bond donors (Lipinski definition) is 2. The molecule has 4 N–H and O–H groups in total. The van der Waals surface area contributed by atoms with Gasteiger partial charge in [0, 0.05) is 43.4 Å². The molecule has 0 spiro atoms. The molecule has 1 aromatic rings. The van der Waals surface area contributed by atoms with E-state index in [9.17, 15) is 0 Å². The third-order valence-electron chi connectivity index (χ3n) is 3.66. The van der Waals surface area contributed by atoms with Crippen molar-refractivity contribution in [3.05, 3.63) is 28.8 Å². The Balaban J connectivity index is 1.99. The van der Waals surface area contributed by atoms with Crippen molar-refractivity contribution in [3.8, 4) is 0 Å². The number of anilines is 1. The molecule has 1 saturated heterocycles. The van der Waals surface area contributed by atoms with Gasteiger partial charge in [-0.3, -0.25) is 4.90 Å². The zero-order valence-electron chi connectivity index (χ0n) is 11.3. The van der Waals surface area contributed by atoms with Crippen LogP contribution in [0.1, 0.15) is 12.0 Å². The first-order valence-corrected chi connectivity index (χ1v) is 7.28. The highest BCUT2D eigenvalue weighted by molar-refractivity contribution is 6.30. The van der Waals surface area contributed by atoms with E-state index in [1.54, 1.807) is 0 Å².